The van der Waals surface area contributed by atoms with Crippen molar-refractivity contribution in [2.24, 2.45) is 5.41 Å². The summed E-state index contributed by atoms with van der Waals surface area (Å²) >= 11 is 0. The third-order valence-electron chi connectivity index (χ3n) is 3.13. The Bertz CT molecular complexity index is 255. The topological polar surface area (TPSA) is 9.23 Å². The lowest BCUT2D eigenvalue weighted by molar-refractivity contribution is 0.212. The molecule has 0 rings (SSSR count). The normalized spacial score (nSPS) is 14.1. The van der Waals surface area contributed by atoms with Crippen molar-refractivity contribution in [3.63, 3.8) is 0 Å². The zero-order chi connectivity index (χ0) is 13.5. The number of rotatable bonds is 9. The molecule has 0 bridgehead atoms. The van der Waals surface area contributed by atoms with E-state index < -0.39 is 8.32 Å². The second kappa shape index (κ2) is 6.97. The van der Waals surface area contributed by atoms with Crippen LogP contribution in [0.3, 0.4) is 0 Å². The van der Waals surface area contributed by atoms with Gasteiger partial charge in [-0.1, -0.05) is 25.2 Å². The Labute approximate surface area is 108 Å². The quantitative estimate of drug-likeness (QED) is 0.417. The van der Waals surface area contributed by atoms with E-state index in [9.17, 15) is 0 Å². The van der Waals surface area contributed by atoms with Crippen LogP contribution in [0.15, 0.2) is 38.0 Å². The largest absolute Gasteiger partial charge is 0.411 e. The van der Waals surface area contributed by atoms with Gasteiger partial charge in [-0.2, -0.15) is 0 Å². The van der Waals surface area contributed by atoms with Crippen LogP contribution in [-0.4, -0.2) is 14.4 Å². The van der Waals surface area contributed by atoms with Crippen LogP contribution < -0.4 is 0 Å². The molecule has 2 heteroatoms. The summed E-state index contributed by atoms with van der Waals surface area (Å²) in [5.41, 5.74) is 0.0457. The number of hydrogen-bond acceptors (Lipinski definition) is 1. The van der Waals surface area contributed by atoms with Gasteiger partial charge in [0, 0.05) is 5.41 Å². The average Bonchev–Trinajstić information content (AvgIpc) is 2.28. The molecule has 0 aliphatic rings. The molecule has 0 aromatic carbocycles. The van der Waals surface area contributed by atoms with Crippen LogP contribution in [0.2, 0.25) is 19.6 Å². The van der Waals surface area contributed by atoms with Crippen molar-refractivity contribution < 1.29 is 4.43 Å². The highest BCUT2D eigenvalue weighted by Crippen LogP contribution is 2.32. The summed E-state index contributed by atoms with van der Waals surface area (Å²) in [4.78, 5) is 0. The fraction of sp³-hybridized carbons (Fsp3) is 0.600. The van der Waals surface area contributed by atoms with Gasteiger partial charge in [-0.25, -0.2) is 0 Å². The van der Waals surface area contributed by atoms with Crippen LogP contribution in [0.1, 0.15) is 26.2 Å². The lowest BCUT2D eigenvalue weighted by Crippen LogP contribution is -2.31. The Morgan fingerprint density at radius 1 is 1.18 bits per heavy atom. The van der Waals surface area contributed by atoms with Gasteiger partial charge in [-0.15, -0.1) is 19.7 Å². The molecule has 0 fully saturated rings. The first-order chi connectivity index (χ1) is 7.82. The van der Waals surface area contributed by atoms with E-state index in [2.05, 4.69) is 46.3 Å². The molecule has 0 saturated carbocycles. The van der Waals surface area contributed by atoms with E-state index in [1.807, 2.05) is 18.2 Å². The van der Waals surface area contributed by atoms with E-state index >= 15 is 0 Å². The predicted molar refractivity (Wildman–Crippen MR) is 80.8 cm³/mol. The van der Waals surface area contributed by atoms with E-state index in [1.54, 1.807) is 0 Å². The summed E-state index contributed by atoms with van der Waals surface area (Å²) < 4.78 is 6.07. The van der Waals surface area contributed by atoms with Crippen LogP contribution in [0.5, 0.6) is 0 Å². The first-order valence-electron chi connectivity index (χ1n) is 6.40. The number of allylic oxidation sites excluding steroid dienone is 2. The zero-order valence-electron chi connectivity index (χ0n) is 12.0. The van der Waals surface area contributed by atoms with Gasteiger partial charge in [0.2, 0.25) is 0 Å². The van der Waals surface area contributed by atoms with Gasteiger partial charge >= 0.3 is 0 Å². The maximum absolute atomic E-state index is 6.07. The molecule has 1 atom stereocenters. The van der Waals surface area contributed by atoms with Crippen molar-refractivity contribution >= 4 is 8.32 Å². The van der Waals surface area contributed by atoms with Gasteiger partial charge in [0.25, 0.3) is 0 Å². The van der Waals surface area contributed by atoms with E-state index in [0.717, 1.165) is 19.3 Å². The summed E-state index contributed by atoms with van der Waals surface area (Å²) in [5.74, 6) is 0. The molecule has 17 heavy (non-hydrogen) atoms. The second-order valence-electron chi connectivity index (χ2n) is 5.54. The molecule has 98 valence electrons. The number of hydrogen-bond donors (Lipinski definition) is 0. The highest BCUT2D eigenvalue weighted by molar-refractivity contribution is 6.69. The summed E-state index contributed by atoms with van der Waals surface area (Å²) in [5, 5.41) is 0. The Morgan fingerprint density at radius 2 is 1.71 bits per heavy atom. The Balaban J connectivity index is 4.45. The highest BCUT2D eigenvalue weighted by atomic mass is 28.4. The lowest BCUT2D eigenvalue weighted by Gasteiger charge is -2.29. The third kappa shape index (κ3) is 6.04. The average molecular weight is 252 g/mol. The third-order valence-corrected chi connectivity index (χ3v) is 4.14. The molecule has 0 aromatic heterocycles. The summed E-state index contributed by atoms with van der Waals surface area (Å²) in [6.07, 6.45) is 9.15. The molecule has 0 radical (unpaired) electrons. The smallest absolute Gasteiger partial charge is 0.184 e. The molecular weight excluding hydrogens is 224 g/mol. The fourth-order valence-electron chi connectivity index (χ4n) is 1.84. The van der Waals surface area contributed by atoms with Crippen LogP contribution >= 0.6 is 0 Å². The fourth-order valence-corrected chi connectivity index (χ4v) is 2.97. The molecule has 0 saturated heterocycles. The Morgan fingerprint density at radius 3 is 2.00 bits per heavy atom. The minimum Gasteiger partial charge on any atom is -0.411 e. The Kier molecular flexibility index (Phi) is 6.72. The van der Waals surface area contributed by atoms with Crippen molar-refractivity contribution in [2.75, 3.05) is 0 Å². The lowest BCUT2D eigenvalue weighted by atomic mass is 9.80. The monoisotopic (exact) mass is 252 g/mol. The van der Waals surface area contributed by atoms with Gasteiger partial charge in [0.15, 0.2) is 8.32 Å². The Hall–Kier alpha value is -0.603. The molecule has 0 amide bonds. The minimum absolute atomic E-state index is 0.0457. The van der Waals surface area contributed by atoms with E-state index in [4.69, 9.17) is 4.43 Å². The predicted octanol–water partition coefficient (Wildman–Crippen LogP) is 4.94. The molecule has 0 heterocycles. The van der Waals surface area contributed by atoms with Gasteiger partial charge in [0.1, 0.15) is 0 Å². The second-order valence-corrected chi connectivity index (χ2v) is 10.00. The SMILES string of the molecule is C=CC(CCC(C=C)(C=C)CC)O[Si](C)(C)C. The molecule has 0 aliphatic carbocycles. The maximum Gasteiger partial charge on any atom is 0.184 e. The molecule has 0 N–H and O–H groups in total. The van der Waals surface area contributed by atoms with Crippen LogP contribution in [0, 0.1) is 5.41 Å². The van der Waals surface area contributed by atoms with Gasteiger partial charge in [-0.3, -0.25) is 0 Å². The summed E-state index contributed by atoms with van der Waals surface area (Å²) in [6.45, 7) is 20.5. The van der Waals surface area contributed by atoms with Crippen LogP contribution in [0.25, 0.3) is 0 Å². The highest BCUT2D eigenvalue weighted by Gasteiger charge is 2.24. The molecular formula is C15H28OSi. The van der Waals surface area contributed by atoms with Crippen LogP contribution in [0.4, 0.5) is 0 Å². The molecule has 0 aliphatic heterocycles. The van der Waals surface area contributed by atoms with Gasteiger partial charge in [-0.05, 0) is 38.9 Å². The van der Waals surface area contributed by atoms with Crippen LogP contribution in [-0.2, 0) is 4.43 Å². The molecule has 1 nitrogen and oxygen atoms in total. The molecule has 0 aromatic rings. The minimum atomic E-state index is -1.49. The van der Waals surface area contributed by atoms with E-state index in [0.29, 0.717) is 0 Å². The molecule has 1 unspecified atom stereocenters. The van der Waals surface area contributed by atoms with Crippen molar-refractivity contribution in [3.05, 3.63) is 38.0 Å². The van der Waals surface area contributed by atoms with Crippen molar-refractivity contribution in [1.82, 2.24) is 0 Å². The van der Waals surface area contributed by atoms with Crippen molar-refractivity contribution in [1.29, 1.82) is 0 Å². The zero-order valence-corrected chi connectivity index (χ0v) is 13.0. The molecule has 0 spiro atoms. The first kappa shape index (κ1) is 16.4. The maximum atomic E-state index is 6.07. The summed E-state index contributed by atoms with van der Waals surface area (Å²) in [6, 6.07) is 0. The first-order valence-corrected chi connectivity index (χ1v) is 9.81. The van der Waals surface area contributed by atoms with E-state index in [-0.39, 0.29) is 11.5 Å². The van der Waals surface area contributed by atoms with Crippen molar-refractivity contribution in [2.45, 2.75) is 51.9 Å². The van der Waals surface area contributed by atoms with Gasteiger partial charge < -0.3 is 4.43 Å². The van der Waals surface area contributed by atoms with E-state index in [1.165, 1.54) is 0 Å². The van der Waals surface area contributed by atoms with Gasteiger partial charge in [0.05, 0.1) is 6.10 Å². The standard InChI is InChI=1S/C15H28OSi/c1-8-14(16-17(5,6)7)12-13-15(9-2,10-3)11-4/h8-10,14H,1-3,11-13H2,4-7H3. The van der Waals surface area contributed by atoms with Crippen molar-refractivity contribution in [3.8, 4) is 0 Å². The summed E-state index contributed by atoms with van der Waals surface area (Å²) in [7, 11) is -1.49.